The number of ether oxygens (including phenoxy) is 3. The first-order valence-electron chi connectivity index (χ1n) is 11.3. The third-order valence-corrected chi connectivity index (χ3v) is 6.00. The number of hydrogen-bond acceptors (Lipinski definition) is 6. The molecule has 0 aliphatic carbocycles. The minimum absolute atomic E-state index is 0.181. The van der Waals surface area contributed by atoms with E-state index in [2.05, 4.69) is 9.97 Å². The second kappa shape index (κ2) is 8.64. The van der Waals surface area contributed by atoms with Crippen molar-refractivity contribution in [3.63, 3.8) is 0 Å². The van der Waals surface area contributed by atoms with Gasteiger partial charge in [0, 0.05) is 13.0 Å². The minimum atomic E-state index is -0.181. The molecule has 1 N–H and O–H groups in total. The molecule has 0 saturated carbocycles. The van der Waals surface area contributed by atoms with Gasteiger partial charge in [-0.1, -0.05) is 30.3 Å². The van der Waals surface area contributed by atoms with E-state index in [1.807, 2.05) is 66.7 Å². The standard InChI is InChI=1S/C27H22N4O4/c1-33-22-9-5-2-6-18(22)26-30-21(14-17-10-11-23-24(15-17)35-16-34-23)27(32)31(26)13-12-25-28-19-7-3-4-8-20(19)29-25/h2-11,14-15H,12-13,16H2,1H3,(H,28,29)/b21-14-. The lowest BCUT2D eigenvalue weighted by Crippen LogP contribution is -2.35. The van der Waals surface area contributed by atoms with Crippen LogP contribution in [0.5, 0.6) is 17.2 Å². The van der Waals surface area contributed by atoms with Gasteiger partial charge >= 0.3 is 0 Å². The molecule has 6 rings (SSSR count). The van der Waals surface area contributed by atoms with Crippen LogP contribution in [-0.2, 0) is 11.2 Å². The number of benzene rings is 3. The average Bonchev–Trinajstić information content (AvgIpc) is 3.60. The van der Waals surface area contributed by atoms with Gasteiger partial charge in [0.1, 0.15) is 23.1 Å². The van der Waals surface area contributed by atoms with E-state index in [4.69, 9.17) is 19.2 Å². The topological polar surface area (TPSA) is 89.0 Å². The smallest absolute Gasteiger partial charge is 0.278 e. The Morgan fingerprint density at radius 3 is 2.77 bits per heavy atom. The van der Waals surface area contributed by atoms with Crippen molar-refractivity contribution < 1.29 is 19.0 Å². The summed E-state index contributed by atoms with van der Waals surface area (Å²) < 4.78 is 16.4. The van der Waals surface area contributed by atoms with Gasteiger partial charge in [-0.05, 0) is 48.0 Å². The van der Waals surface area contributed by atoms with Gasteiger partial charge < -0.3 is 19.2 Å². The molecule has 1 aromatic heterocycles. The van der Waals surface area contributed by atoms with Crippen LogP contribution in [-0.4, -0.2) is 47.1 Å². The van der Waals surface area contributed by atoms with Crippen molar-refractivity contribution >= 4 is 28.9 Å². The summed E-state index contributed by atoms with van der Waals surface area (Å²) in [5.41, 5.74) is 3.77. The highest BCUT2D eigenvalue weighted by Gasteiger charge is 2.32. The van der Waals surface area contributed by atoms with Gasteiger partial charge in [0.15, 0.2) is 11.5 Å². The summed E-state index contributed by atoms with van der Waals surface area (Å²) in [5, 5.41) is 0. The number of aromatic nitrogens is 2. The molecule has 0 saturated heterocycles. The van der Waals surface area contributed by atoms with Gasteiger partial charge in [-0.3, -0.25) is 9.69 Å². The predicted molar refractivity (Wildman–Crippen MR) is 132 cm³/mol. The van der Waals surface area contributed by atoms with Crippen LogP contribution in [0.25, 0.3) is 17.1 Å². The molecular formula is C27H22N4O4. The monoisotopic (exact) mass is 466 g/mol. The van der Waals surface area contributed by atoms with Crippen LogP contribution in [0, 0.1) is 0 Å². The first kappa shape index (κ1) is 21.0. The second-order valence-electron chi connectivity index (χ2n) is 8.19. The molecule has 3 aromatic carbocycles. The maximum atomic E-state index is 13.5. The number of aliphatic imine (C=N–C) groups is 1. The summed E-state index contributed by atoms with van der Waals surface area (Å²) in [6.07, 6.45) is 2.31. The van der Waals surface area contributed by atoms with Crippen molar-refractivity contribution in [3.05, 3.63) is 89.4 Å². The largest absolute Gasteiger partial charge is 0.496 e. The van der Waals surface area contributed by atoms with Crippen molar-refractivity contribution in [2.45, 2.75) is 6.42 Å². The van der Waals surface area contributed by atoms with Crippen LogP contribution in [0.4, 0.5) is 0 Å². The van der Waals surface area contributed by atoms with Gasteiger partial charge in [-0.15, -0.1) is 0 Å². The van der Waals surface area contributed by atoms with E-state index in [1.54, 1.807) is 18.1 Å². The maximum Gasteiger partial charge on any atom is 0.278 e. The van der Waals surface area contributed by atoms with Crippen molar-refractivity contribution in [2.75, 3.05) is 20.4 Å². The Morgan fingerprint density at radius 1 is 1.06 bits per heavy atom. The lowest BCUT2D eigenvalue weighted by atomic mass is 10.1. The number of fused-ring (bicyclic) bond motifs is 2. The lowest BCUT2D eigenvalue weighted by molar-refractivity contribution is -0.122. The number of hydrogen-bond donors (Lipinski definition) is 1. The highest BCUT2D eigenvalue weighted by Crippen LogP contribution is 2.34. The third-order valence-electron chi connectivity index (χ3n) is 6.00. The Morgan fingerprint density at radius 2 is 1.89 bits per heavy atom. The van der Waals surface area contributed by atoms with E-state index in [0.717, 1.165) is 28.0 Å². The van der Waals surface area contributed by atoms with E-state index >= 15 is 0 Å². The number of carbonyl (C=O) groups excluding carboxylic acids is 1. The first-order valence-corrected chi connectivity index (χ1v) is 11.3. The zero-order chi connectivity index (χ0) is 23.8. The first-order chi connectivity index (χ1) is 17.2. The molecule has 3 heterocycles. The van der Waals surface area contributed by atoms with E-state index in [1.165, 1.54) is 0 Å². The van der Waals surface area contributed by atoms with Crippen LogP contribution < -0.4 is 14.2 Å². The molecule has 174 valence electrons. The van der Waals surface area contributed by atoms with Gasteiger partial charge in [-0.2, -0.15) is 0 Å². The van der Waals surface area contributed by atoms with E-state index in [-0.39, 0.29) is 12.7 Å². The molecule has 0 bridgehead atoms. The number of imidazole rings is 1. The Labute approximate surface area is 201 Å². The van der Waals surface area contributed by atoms with Crippen molar-refractivity contribution in [3.8, 4) is 17.2 Å². The molecule has 0 atom stereocenters. The van der Waals surface area contributed by atoms with E-state index < -0.39 is 0 Å². The number of aromatic amines is 1. The zero-order valence-electron chi connectivity index (χ0n) is 19.0. The number of methoxy groups -OCH3 is 1. The molecule has 8 nitrogen and oxygen atoms in total. The highest BCUT2D eigenvalue weighted by atomic mass is 16.7. The molecule has 2 aliphatic rings. The van der Waals surface area contributed by atoms with Gasteiger partial charge in [0.2, 0.25) is 6.79 Å². The van der Waals surface area contributed by atoms with E-state index in [9.17, 15) is 4.79 Å². The van der Waals surface area contributed by atoms with Gasteiger partial charge in [0.05, 0.1) is 23.7 Å². The third kappa shape index (κ3) is 3.89. The Bertz CT molecular complexity index is 1470. The Kier molecular flexibility index (Phi) is 5.18. The minimum Gasteiger partial charge on any atom is -0.496 e. The highest BCUT2D eigenvalue weighted by molar-refractivity contribution is 6.20. The fourth-order valence-corrected chi connectivity index (χ4v) is 4.30. The summed E-state index contributed by atoms with van der Waals surface area (Å²) in [4.78, 5) is 27.9. The molecular weight excluding hydrogens is 444 g/mol. The number of amides is 1. The molecule has 2 aliphatic heterocycles. The summed E-state index contributed by atoms with van der Waals surface area (Å²) in [6, 6.07) is 21.0. The Hall–Kier alpha value is -4.59. The number of nitrogens with one attached hydrogen (secondary N) is 1. The molecule has 0 radical (unpaired) electrons. The van der Waals surface area contributed by atoms with Crippen LogP contribution in [0.2, 0.25) is 0 Å². The summed E-state index contributed by atoms with van der Waals surface area (Å²) in [6.45, 7) is 0.605. The lowest BCUT2D eigenvalue weighted by Gasteiger charge is -2.19. The number of rotatable bonds is 6. The Balaban J connectivity index is 1.34. The molecule has 0 unspecified atom stereocenters. The summed E-state index contributed by atoms with van der Waals surface area (Å²) in [5.74, 6) is 3.18. The zero-order valence-corrected chi connectivity index (χ0v) is 19.0. The number of carbonyl (C=O) groups is 1. The number of H-pyrrole nitrogens is 1. The van der Waals surface area contributed by atoms with Crippen LogP contribution in [0.3, 0.4) is 0 Å². The fourth-order valence-electron chi connectivity index (χ4n) is 4.30. The molecule has 4 aromatic rings. The normalized spacial score (nSPS) is 15.8. The van der Waals surface area contributed by atoms with Crippen LogP contribution >= 0.6 is 0 Å². The summed E-state index contributed by atoms with van der Waals surface area (Å²) >= 11 is 0. The average molecular weight is 466 g/mol. The molecule has 0 spiro atoms. The van der Waals surface area contributed by atoms with Gasteiger partial charge in [-0.25, -0.2) is 9.98 Å². The van der Waals surface area contributed by atoms with Crippen molar-refractivity contribution in [2.24, 2.45) is 4.99 Å². The molecule has 1 amide bonds. The molecule has 0 fully saturated rings. The fraction of sp³-hybridized carbons (Fsp3) is 0.148. The SMILES string of the molecule is COc1ccccc1C1=N/C(=C\c2ccc3c(c2)OCO3)C(=O)N1CCc1nc2ccccc2[nH]1. The van der Waals surface area contributed by atoms with Gasteiger partial charge in [0.25, 0.3) is 5.91 Å². The van der Waals surface area contributed by atoms with Crippen molar-refractivity contribution in [1.82, 2.24) is 14.9 Å². The summed E-state index contributed by atoms with van der Waals surface area (Å²) in [7, 11) is 1.61. The number of para-hydroxylation sites is 3. The number of nitrogens with zero attached hydrogens (tertiary/aromatic N) is 3. The van der Waals surface area contributed by atoms with Crippen LogP contribution in [0.1, 0.15) is 17.0 Å². The molecule has 8 heteroatoms. The second-order valence-corrected chi connectivity index (χ2v) is 8.19. The molecule has 35 heavy (non-hydrogen) atoms. The quantitative estimate of drug-likeness (QED) is 0.431. The van der Waals surface area contributed by atoms with Crippen molar-refractivity contribution in [1.29, 1.82) is 0 Å². The van der Waals surface area contributed by atoms with E-state index in [0.29, 0.717) is 41.7 Å². The van der Waals surface area contributed by atoms with Crippen LogP contribution in [0.15, 0.2) is 77.4 Å². The maximum absolute atomic E-state index is 13.5. The predicted octanol–water partition coefficient (Wildman–Crippen LogP) is 4.17. The number of amidine groups is 1.